The number of nitrogens with one attached hydrogen (secondary N) is 1. The molecule has 14 heavy (non-hydrogen) atoms. The van der Waals surface area contributed by atoms with Gasteiger partial charge < -0.3 is 15.2 Å². The van der Waals surface area contributed by atoms with E-state index in [2.05, 4.69) is 5.32 Å². The Morgan fingerprint density at radius 3 is 2.43 bits per heavy atom. The summed E-state index contributed by atoms with van der Waals surface area (Å²) in [7, 11) is 1.57. The molecule has 0 unspecified atom stereocenters. The van der Waals surface area contributed by atoms with Gasteiger partial charge in [-0.05, 0) is 31.2 Å². The fourth-order valence-corrected chi connectivity index (χ4v) is 0.921. The molecule has 0 saturated heterocycles. The lowest BCUT2D eigenvalue weighted by atomic mass is 10.3. The topological polar surface area (TPSA) is 58.6 Å². The average molecular weight is 195 g/mol. The van der Waals surface area contributed by atoms with Crippen LogP contribution in [0.5, 0.6) is 5.75 Å². The second kappa shape index (κ2) is 4.62. The van der Waals surface area contributed by atoms with Crippen LogP contribution in [0.15, 0.2) is 24.3 Å². The van der Waals surface area contributed by atoms with E-state index in [0.29, 0.717) is 5.69 Å². The monoisotopic (exact) mass is 195 g/mol. The molecule has 0 heterocycles. The summed E-state index contributed by atoms with van der Waals surface area (Å²) in [6, 6.07) is 6.88. The molecule has 4 heteroatoms. The van der Waals surface area contributed by atoms with Crippen LogP contribution in [0, 0.1) is 0 Å². The molecule has 0 saturated carbocycles. The molecule has 1 aromatic rings. The second-order valence-electron chi connectivity index (χ2n) is 2.89. The molecule has 1 aromatic carbocycles. The highest BCUT2D eigenvalue weighted by molar-refractivity contribution is 5.93. The minimum Gasteiger partial charge on any atom is -0.497 e. The van der Waals surface area contributed by atoms with Crippen molar-refractivity contribution >= 4 is 11.6 Å². The number of aliphatic hydroxyl groups excluding tert-OH is 1. The number of hydrogen-bond acceptors (Lipinski definition) is 3. The number of hydrogen-bond donors (Lipinski definition) is 2. The molecule has 76 valence electrons. The molecule has 4 nitrogen and oxygen atoms in total. The Hall–Kier alpha value is -1.55. The van der Waals surface area contributed by atoms with Gasteiger partial charge >= 0.3 is 0 Å². The SMILES string of the molecule is COc1ccc(NC(=O)[C@H](C)O)cc1. The molecule has 2 N–H and O–H groups in total. The van der Waals surface area contributed by atoms with Crippen LogP contribution >= 0.6 is 0 Å². The van der Waals surface area contributed by atoms with Gasteiger partial charge in [-0.15, -0.1) is 0 Å². The summed E-state index contributed by atoms with van der Waals surface area (Å²) in [4.78, 5) is 11.1. The van der Waals surface area contributed by atoms with Gasteiger partial charge in [-0.3, -0.25) is 4.79 Å². The minimum atomic E-state index is -1.00. The molecule has 1 atom stereocenters. The van der Waals surface area contributed by atoms with Crippen molar-refractivity contribution in [2.24, 2.45) is 0 Å². The smallest absolute Gasteiger partial charge is 0.252 e. The molecule has 0 aliphatic heterocycles. The first-order valence-corrected chi connectivity index (χ1v) is 4.26. The standard InChI is InChI=1S/C10H13NO3/c1-7(12)10(13)11-8-3-5-9(14-2)6-4-8/h3-7,12H,1-2H3,(H,11,13)/t7-/m0/s1. The highest BCUT2D eigenvalue weighted by Crippen LogP contribution is 2.14. The van der Waals surface area contributed by atoms with Crippen molar-refractivity contribution in [1.82, 2.24) is 0 Å². The Labute approximate surface area is 82.5 Å². The van der Waals surface area contributed by atoms with Gasteiger partial charge in [0.25, 0.3) is 5.91 Å². The van der Waals surface area contributed by atoms with E-state index in [4.69, 9.17) is 9.84 Å². The van der Waals surface area contributed by atoms with E-state index in [1.165, 1.54) is 6.92 Å². The summed E-state index contributed by atoms with van der Waals surface area (Å²) in [6.45, 7) is 1.42. The fourth-order valence-electron chi connectivity index (χ4n) is 0.921. The van der Waals surface area contributed by atoms with E-state index in [9.17, 15) is 4.79 Å². The van der Waals surface area contributed by atoms with Gasteiger partial charge in [0.15, 0.2) is 0 Å². The van der Waals surface area contributed by atoms with E-state index in [1.54, 1.807) is 31.4 Å². The Balaban J connectivity index is 2.64. The zero-order valence-electron chi connectivity index (χ0n) is 8.15. The third-order valence-corrected chi connectivity index (χ3v) is 1.74. The van der Waals surface area contributed by atoms with Gasteiger partial charge in [0.05, 0.1) is 7.11 Å². The van der Waals surface area contributed by atoms with Crippen molar-refractivity contribution in [3.05, 3.63) is 24.3 Å². The molecule has 0 aromatic heterocycles. The van der Waals surface area contributed by atoms with Gasteiger partial charge in [0.2, 0.25) is 0 Å². The van der Waals surface area contributed by atoms with E-state index in [-0.39, 0.29) is 0 Å². The molecule has 1 amide bonds. The van der Waals surface area contributed by atoms with Gasteiger partial charge in [0.1, 0.15) is 11.9 Å². The number of rotatable bonds is 3. The minimum absolute atomic E-state index is 0.421. The normalized spacial score (nSPS) is 11.9. The van der Waals surface area contributed by atoms with Crippen LogP contribution in [-0.4, -0.2) is 24.2 Å². The van der Waals surface area contributed by atoms with Crippen LogP contribution in [0.1, 0.15) is 6.92 Å². The van der Waals surface area contributed by atoms with Crippen molar-refractivity contribution < 1.29 is 14.6 Å². The first-order valence-electron chi connectivity index (χ1n) is 4.26. The molecule has 0 fully saturated rings. The third-order valence-electron chi connectivity index (χ3n) is 1.74. The maximum atomic E-state index is 11.1. The predicted molar refractivity (Wildman–Crippen MR) is 53.3 cm³/mol. The van der Waals surface area contributed by atoms with Gasteiger partial charge in [-0.1, -0.05) is 0 Å². The first kappa shape index (κ1) is 10.5. The van der Waals surface area contributed by atoms with Crippen LogP contribution in [-0.2, 0) is 4.79 Å². The highest BCUT2D eigenvalue weighted by atomic mass is 16.5. The Morgan fingerprint density at radius 2 is 2.00 bits per heavy atom. The molecule has 0 bridgehead atoms. The van der Waals surface area contributed by atoms with Crippen molar-refractivity contribution in [2.45, 2.75) is 13.0 Å². The lowest BCUT2D eigenvalue weighted by Crippen LogP contribution is -2.24. The van der Waals surface area contributed by atoms with Crippen molar-refractivity contribution in [1.29, 1.82) is 0 Å². The number of methoxy groups -OCH3 is 1. The van der Waals surface area contributed by atoms with E-state index in [0.717, 1.165) is 5.75 Å². The van der Waals surface area contributed by atoms with Crippen LogP contribution in [0.4, 0.5) is 5.69 Å². The Bertz CT molecular complexity index is 306. The molecule has 0 aliphatic rings. The Morgan fingerprint density at radius 1 is 1.43 bits per heavy atom. The molecule has 0 radical (unpaired) electrons. The second-order valence-corrected chi connectivity index (χ2v) is 2.89. The Kier molecular flexibility index (Phi) is 3.48. The maximum Gasteiger partial charge on any atom is 0.252 e. The van der Waals surface area contributed by atoms with E-state index >= 15 is 0 Å². The number of carbonyl (C=O) groups is 1. The summed E-state index contributed by atoms with van der Waals surface area (Å²) in [5.74, 6) is 0.301. The molecular formula is C10H13NO3. The molecule has 0 spiro atoms. The number of benzene rings is 1. The quantitative estimate of drug-likeness (QED) is 0.756. The van der Waals surface area contributed by atoms with Crippen LogP contribution < -0.4 is 10.1 Å². The van der Waals surface area contributed by atoms with E-state index in [1.807, 2.05) is 0 Å². The number of anilines is 1. The van der Waals surface area contributed by atoms with Gasteiger partial charge in [-0.25, -0.2) is 0 Å². The predicted octanol–water partition coefficient (Wildman–Crippen LogP) is 1.01. The number of aliphatic hydroxyl groups is 1. The molecular weight excluding hydrogens is 182 g/mol. The highest BCUT2D eigenvalue weighted by Gasteiger charge is 2.07. The average Bonchev–Trinajstić information content (AvgIpc) is 2.19. The third kappa shape index (κ3) is 2.74. The van der Waals surface area contributed by atoms with E-state index < -0.39 is 12.0 Å². The van der Waals surface area contributed by atoms with Crippen LogP contribution in [0.25, 0.3) is 0 Å². The summed E-state index contributed by atoms with van der Waals surface area (Å²) in [5, 5.41) is 11.5. The number of amides is 1. The maximum absolute atomic E-state index is 11.1. The number of carbonyl (C=O) groups excluding carboxylic acids is 1. The summed E-state index contributed by atoms with van der Waals surface area (Å²) in [5.41, 5.74) is 0.636. The van der Waals surface area contributed by atoms with Crippen molar-refractivity contribution in [2.75, 3.05) is 12.4 Å². The fraction of sp³-hybridized carbons (Fsp3) is 0.300. The van der Waals surface area contributed by atoms with Crippen LogP contribution in [0.2, 0.25) is 0 Å². The van der Waals surface area contributed by atoms with Crippen molar-refractivity contribution in [3.8, 4) is 5.75 Å². The summed E-state index contributed by atoms with van der Waals surface area (Å²) >= 11 is 0. The summed E-state index contributed by atoms with van der Waals surface area (Å²) < 4.78 is 4.96. The molecule has 0 aliphatic carbocycles. The largest absolute Gasteiger partial charge is 0.497 e. The zero-order chi connectivity index (χ0) is 10.6. The van der Waals surface area contributed by atoms with Crippen molar-refractivity contribution in [3.63, 3.8) is 0 Å². The van der Waals surface area contributed by atoms with Crippen LogP contribution in [0.3, 0.4) is 0 Å². The lowest BCUT2D eigenvalue weighted by Gasteiger charge is -2.07. The first-order chi connectivity index (χ1) is 6.63. The zero-order valence-corrected chi connectivity index (χ0v) is 8.15. The molecule has 1 rings (SSSR count). The lowest BCUT2D eigenvalue weighted by molar-refractivity contribution is -0.123. The van der Waals surface area contributed by atoms with Gasteiger partial charge in [-0.2, -0.15) is 0 Å². The summed E-state index contributed by atoms with van der Waals surface area (Å²) in [6.07, 6.45) is -1.00. The number of ether oxygens (including phenoxy) is 1. The van der Waals surface area contributed by atoms with Gasteiger partial charge in [0, 0.05) is 5.69 Å².